The normalized spacial score (nSPS) is 15.7. The monoisotopic (exact) mass is 455 g/mol. The summed E-state index contributed by atoms with van der Waals surface area (Å²) in [6.07, 6.45) is 1.46. The van der Waals surface area contributed by atoms with Gasteiger partial charge >= 0.3 is 12.1 Å². The quantitative estimate of drug-likeness (QED) is 0.561. The zero-order valence-corrected chi connectivity index (χ0v) is 18.1. The first-order valence-corrected chi connectivity index (χ1v) is 11.0. The van der Waals surface area contributed by atoms with Crippen LogP contribution in [0.15, 0.2) is 48.7 Å². The maximum Gasteiger partial charge on any atom is 0.323 e. The number of amides is 4. The molecule has 0 aliphatic carbocycles. The number of rotatable bonds is 4. The van der Waals surface area contributed by atoms with E-state index in [1.165, 1.54) is 27.4 Å². The largest absolute Gasteiger partial charge is 0.351 e. The number of primary amides is 1. The first-order chi connectivity index (χ1) is 15.4. The van der Waals surface area contributed by atoms with Crippen molar-refractivity contribution in [3.63, 3.8) is 0 Å². The molecule has 1 aliphatic rings. The van der Waals surface area contributed by atoms with Crippen LogP contribution in [0.4, 0.5) is 19.7 Å². The van der Waals surface area contributed by atoms with Crippen LogP contribution in [-0.2, 0) is 11.3 Å². The van der Waals surface area contributed by atoms with Crippen molar-refractivity contribution in [2.45, 2.75) is 18.8 Å². The van der Waals surface area contributed by atoms with Gasteiger partial charge in [0.05, 0.1) is 11.2 Å². The van der Waals surface area contributed by atoms with Gasteiger partial charge in [0.25, 0.3) is 5.91 Å². The standard InChI is InChI=1S/C22H22FN5O3S/c1-13-5-4-6-14(18(13)23)11-25-19(29)20-27(9-10-32-20)22(31)26-16-12-28(21(24)30)17-8-3-2-7-15(16)17/h2-8,12,20H,9-11H2,1H3,(H2,24,30)(H,25,29)(H,26,31)/t20-/m0/s1. The molecular weight excluding hydrogens is 433 g/mol. The molecule has 4 N–H and O–H groups in total. The lowest BCUT2D eigenvalue weighted by atomic mass is 10.1. The number of nitrogens with one attached hydrogen (secondary N) is 2. The highest BCUT2D eigenvalue weighted by molar-refractivity contribution is 8.00. The molecule has 1 aliphatic heterocycles. The highest BCUT2D eigenvalue weighted by atomic mass is 32.2. The van der Waals surface area contributed by atoms with Gasteiger partial charge in [0.1, 0.15) is 5.82 Å². The van der Waals surface area contributed by atoms with E-state index in [9.17, 15) is 18.8 Å². The van der Waals surface area contributed by atoms with Crippen molar-refractivity contribution in [3.8, 4) is 0 Å². The number of para-hydroxylation sites is 1. The van der Waals surface area contributed by atoms with Gasteiger partial charge in [0.15, 0.2) is 5.37 Å². The SMILES string of the molecule is Cc1cccc(CNC(=O)[C@@H]2SCCN2C(=O)Nc2cn(C(N)=O)c3ccccc23)c1F. The lowest BCUT2D eigenvalue weighted by molar-refractivity contribution is -0.122. The number of carbonyl (C=O) groups is 3. The molecule has 0 radical (unpaired) electrons. The first-order valence-electron chi connectivity index (χ1n) is 9.97. The summed E-state index contributed by atoms with van der Waals surface area (Å²) in [5.74, 6) is -0.136. The molecule has 8 nitrogen and oxygen atoms in total. The van der Waals surface area contributed by atoms with Gasteiger partial charge in [0, 0.05) is 36.0 Å². The molecule has 0 saturated carbocycles. The molecule has 0 unspecified atom stereocenters. The third kappa shape index (κ3) is 4.13. The molecule has 0 spiro atoms. The van der Waals surface area contributed by atoms with Crippen molar-refractivity contribution in [1.29, 1.82) is 0 Å². The Labute approximate surface area is 187 Å². The van der Waals surface area contributed by atoms with Gasteiger partial charge in [-0.2, -0.15) is 0 Å². The molecular formula is C22H22FN5O3S. The molecule has 166 valence electrons. The number of aromatic nitrogens is 1. The third-order valence-electron chi connectivity index (χ3n) is 5.29. The van der Waals surface area contributed by atoms with Crippen LogP contribution < -0.4 is 16.4 Å². The van der Waals surface area contributed by atoms with Crippen LogP contribution in [0.3, 0.4) is 0 Å². The maximum atomic E-state index is 14.2. The Morgan fingerprint density at radius 3 is 2.75 bits per heavy atom. The predicted molar refractivity (Wildman–Crippen MR) is 122 cm³/mol. The predicted octanol–water partition coefficient (Wildman–Crippen LogP) is 3.24. The Kier molecular flexibility index (Phi) is 6.04. The molecule has 1 saturated heterocycles. The number of carbonyl (C=O) groups excluding carboxylic acids is 3. The number of nitrogens with zero attached hydrogens (tertiary/aromatic N) is 2. The summed E-state index contributed by atoms with van der Waals surface area (Å²) in [6.45, 7) is 2.07. The molecule has 1 fully saturated rings. The Morgan fingerprint density at radius 2 is 1.97 bits per heavy atom. The number of anilines is 1. The van der Waals surface area contributed by atoms with Crippen LogP contribution in [0.1, 0.15) is 11.1 Å². The molecule has 1 aromatic heterocycles. The maximum absolute atomic E-state index is 14.2. The molecule has 2 heterocycles. The summed E-state index contributed by atoms with van der Waals surface area (Å²) in [5, 5.41) is 5.41. The van der Waals surface area contributed by atoms with Crippen molar-refractivity contribution in [2.24, 2.45) is 5.73 Å². The summed E-state index contributed by atoms with van der Waals surface area (Å²) >= 11 is 1.33. The lowest BCUT2D eigenvalue weighted by Gasteiger charge is -2.23. The summed E-state index contributed by atoms with van der Waals surface area (Å²) in [5.41, 5.74) is 7.30. The minimum Gasteiger partial charge on any atom is -0.351 e. The highest BCUT2D eigenvalue weighted by Crippen LogP contribution is 2.29. The van der Waals surface area contributed by atoms with E-state index in [-0.39, 0.29) is 18.3 Å². The summed E-state index contributed by atoms with van der Waals surface area (Å²) in [4.78, 5) is 38.9. The van der Waals surface area contributed by atoms with Crippen LogP contribution in [-0.4, -0.2) is 45.1 Å². The molecule has 3 aromatic rings. The summed E-state index contributed by atoms with van der Waals surface area (Å²) in [6, 6.07) is 10.9. The smallest absolute Gasteiger partial charge is 0.323 e. The van der Waals surface area contributed by atoms with Gasteiger partial charge in [-0.05, 0) is 18.6 Å². The Hall–Kier alpha value is -3.53. The van der Waals surface area contributed by atoms with Crippen molar-refractivity contribution >= 4 is 46.3 Å². The number of thioether (sulfide) groups is 1. The van der Waals surface area contributed by atoms with E-state index in [1.54, 1.807) is 49.4 Å². The van der Waals surface area contributed by atoms with Gasteiger partial charge in [0.2, 0.25) is 0 Å². The number of benzene rings is 2. The number of aryl methyl sites for hydroxylation is 1. The van der Waals surface area contributed by atoms with Crippen molar-refractivity contribution in [2.75, 3.05) is 17.6 Å². The van der Waals surface area contributed by atoms with Crippen molar-refractivity contribution in [3.05, 3.63) is 65.6 Å². The Bertz CT molecular complexity index is 1210. The van der Waals surface area contributed by atoms with Crippen LogP contribution in [0.5, 0.6) is 0 Å². The summed E-state index contributed by atoms with van der Waals surface area (Å²) in [7, 11) is 0. The van der Waals surface area contributed by atoms with Crippen LogP contribution in [0.2, 0.25) is 0 Å². The Balaban J connectivity index is 1.47. The topological polar surface area (TPSA) is 109 Å². The second-order valence-corrected chi connectivity index (χ2v) is 8.57. The summed E-state index contributed by atoms with van der Waals surface area (Å²) < 4.78 is 15.5. The fourth-order valence-electron chi connectivity index (χ4n) is 3.66. The highest BCUT2D eigenvalue weighted by Gasteiger charge is 2.35. The number of fused-ring (bicyclic) bond motifs is 1. The van der Waals surface area contributed by atoms with E-state index in [4.69, 9.17) is 5.73 Å². The molecule has 4 amide bonds. The lowest BCUT2D eigenvalue weighted by Crippen LogP contribution is -2.46. The number of nitrogens with two attached hydrogens (primary N) is 1. The molecule has 10 heteroatoms. The molecule has 32 heavy (non-hydrogen) atoms. The van der Waals surface area contributed by atoms with Gasteiger partial charge in [-0.15, -0.1) is 11.8 Å². The van der Waals surface area contributed by atoms with Gasteiger partial charge in [-0.3, -0.25) is 9.36 Å². The van der Waals surface area contributed by atoms with Crippen molar-refractivity contribution in [1.82, 2.24) is 14.8 Å². The molecule has 1 atom stereocenters. The van der Waals surface area contributed by atoms with E-state index in [2.05, 4.69) is 10.6 Å². The van der Waals surface area contributed by atoms with Gasteiger partial charge < -0.3 is 21.3 Å². The van der Waals surface area contributed by atoms with Crippen LogP contribution in [0, 0.1) is 12.7 Å². The number of urea groups is 1. The minimum absolute atomic E-state index is 0.0327. The second-order valence-electron chi connectivity index (χ2n) is 7.38. The van der Waals surface area contributed by atoms with E-state index in [0.717, 1.165) is 0 Å². The van der Waals surface area contributed by atoms with E-state index in [0.29, 0.717) is 40.0 Å². The fraction of sp³-hybridized carbons (Fsp3) is 0.227. The first kappa shape index (κ1) is 21.7. The number of hydrogen-bond donors (Lipinski definition) is 3. The van der Waals surface area contributed by atoms with E-state index < -0.39 is 17.4 Å². The van der Waals surface area contributed by atoms with Crippen molar-refractivity contribution < 1.29 is 18.8 Å². The minimum atomic E-state index is -0.743. The van der Waals surface area contributed by atoms with Gasteiger partial charge in [-0.1, -0.05) is 36.4 Å². The van der Waals surface area contributed by atoms with Crippen LogP contribution in [0.25, 0.3) is 10.9 Å². The zero-order valence-electron chi connectivity index (χ0n) is 17.3. The molecule has 2 aromatic carbocycles. The average molecular weight is 456 g/mol. The number of hydrogen-bond acceptors (Lipinski definition) is 4. The average Bonchev–Trinajstić information content (AvgIpc) is 3.40. The number of halogens is 1. The fourth-order valence-corrected chi connectivity index (χ4v) is 4.80. The zero-order chi connectivity index (χ0) is 22.8. The van der Waals surface area contributed by atoms with Gasteiger partial charge in [-0.25, -0.2) is 14.0 Å². The Morgan fingerprint density at radius 1 is 1.19 bits per heavy atom. The van der Waals surface area contributed by atoms with Crippen LogP contribution >= 0.6 is 11.8 Å². The van der Waals surface area contributed by atoms with E-state index >= 15 is 0 Å². The molecule has 0 bridgehead atoms. The molecule has 4 rings (SSSR count). The second kappa shape index (κ2) is 8.91. The van der Waals surface area contributed by atoms with E-state index in [1.807, 2.05) is 0 Å². The third-order valence-corrected chi connectivity index (χ3v) is 6.49.